The highest BCUT2D eigenvalue weighted by molar-refractivity contribution is 5.98. The lowest BCUT2D eigenvalue weighted by Gasteiger charge is -2.32. The second kappa shape index (κ2) is 10.4. The molecule has 3 rings (SSSR count). The summed E-state index contributed by atoms with van der Waals surface area (Å²) in [6.45, 7) is 10.2. The molecule has 6 heteroatoms. The molecule has 0 bridgehead atoms. The summed E-state index contributed by atoms with van der Waals surface area (Å²) in [5.41, 5.74) is 3.94. The third-order valence-electron chi connectivity index (χ3n) is 5.98. The van der Waals surface area contributed by atoms with Gasteiger partial charge in [-0.2, -0.15) is 0 Å². The first-order valence-corrected chi connectivity index (χ1v) is 11.4. The monoisotopic (exact) mass is 435 g/mol. The van der Waals surface area contributed by atoms with Crippen LogP contribution >= 0.6 is 0 Å². The number of rotatable bonds is 6. The Morgan fingerprint density at radius 2 is 1.69 bits per heavy atom. The van der Waals surface area contributed by atoms with E-state index in [0.717, 1.165) is 24.0 Å². The minimum Gasteiger partial charge on any atom is -0.339 e. The first-order chi connectivity index (χ1) is 15.3. The third kappa shape index (κ3) is 5.55. The van der Waals surface area contributed by atoms with Gasteiger partial charge in [0.25, 0.3) is 11.8 Å². The number of piperidine rings is 1. The van der Waals surface area contributed by atoms with Crippen molar-refractivity contribution in [2.24, 2.45) is 5.92 Å². The molecule has 3 amide bonds. The molecule has 0 radical (unpaired) electrons. The van der Waals surface area contributed by atoms with Gasteiger partial charge in [0.05, 0.1) is 5.92 Å². The van der Waals surface area contributed by atoms with Crippen LogP contribution in [0.5, 0.6) is 0 Å². The van der Waals surface area contributed by atoms with E-state index in [4.69, 9.17) is 0 Å². The van der Waals surface area contributed by atoms with E-state index in [-0.39, 0.29) is 23.6 Å². The number of nitrogens with one attached hydrogen (secondary N) is 1. The summed E-state index contributed by atoms with van der Waals surface area (Å²) in [6.07, 6.45) is 1.52. The van der Waals surface area contributed by atoms with Crippen molar-refractivity contribution in [1.82, 2.24) is 9.80 Å². The van der Waals surface area contributed by atoms with Gasteiger partial charge >= 0.3 is 0 Å². The summed E-state index contributed by atoms with van der Waals surface area (Å²) in [5, 5.41) is 2.95. The van der Waals surface area contributed by atoms with Crippen molar-refractivity contribution in [2.75, 3.05) is 31.5 Å². The lowest BCUT2D eigenvalue weighted by Crippen LogP contribution is -2.43. The first-order valence-electron chi connectivity index (χ1n) is 11.4. The topological polar surface area (TPSA) is 69.7 Å². The predicted octanol–water partition coefficient (Wildman–Crippen LogP) is 4.28. The first kappa shape index (κ1) is 23.5. The molecule has 32 heavy (non-hydrogen) atoms. The Morgan fingerprint density at radius 3 is 2.34 bits per heavy atom. The minimum atomic E-state index is -0.277. The summed E-state index contributed by atoms with van der Waals surface area (Å²) in [6, 6.07) is 12.9. The fourth-order valence-corrected chi connectivity index (χ4v) is 4.32. The van der Waals surface area contributed by atoms with Crippen LogP contribution < -0.4 is 5.32 Å². The normalized spacial score (nSPS) is 15.9. The van der Waals surface area contributed by atoms with Crippen LogP contribution in [-0.4, -0.2) is 53.7 Å². The summed E-state index contributed by atoms with van der Waals surface area (Å²) in [4.78, 5) is 42.1. The smallest absolute Gasteiger partial charge is 0.253 e. The molecular weight excluding hydrogens is 402 g/mol. The number of hydrogen-bond acceptors (Lipinski definition) is 3. The van der Waals surface area contributed by atoms with E-state index in [1.807, 2.05) is 45.9 Å². The zero-order valence-electron chi connectivity index (χ0n) is 19.5. The van der Waals surface area contributed by atoms with E-state index in [9.17, 15) is 14.4 Å². The van der Waals surface area contributed by atoms with Crippen molar-refractivity contribution in [3.8, 4) is 0 Å². The van der Waals surface area contributed by atoms with Crippen LogP contribution in [0.25, 0.3) is 0 Å². The molecule has 0 spiro atoms. The van der Waals surface area contributed by atoms with Crippen LogP contribution in [0.3, 0.4) is 0 Å². The van der Waals surface area contributed by atoms with E-state index in [0.29, 0.717) is 43.0 Å². The van der Waals surface area contributed by atoms with Gasteiger partial charge in [0.2, 0.25) is 5.91 Å². The molecule has 1 aliphatic heterocycles. The Kier molecular flexibility index (Phi) is 7.67. The number of hydrogen-bond donors (Lipinski definition) is 1. The number of amides is 3. The second-order valence-electron chi connectivity index (χ2n) is 8.51. The number of anilines is 1. The molecule has 1 unspecified atom stereocenters. The molecule has 0 saturated carbocycles. The molecule has 0 aliphatic carbocycles. The number of carbonyl (C=O) groups excluding carboxylic acids is 3. The molecule has 0 aromatic heterocycles. The Labute approximate surface area is 190 Å². The highest BCUT2D eigenvalue weighted by atomic mass is 16.2. The molecule has 2 aromatic rings. The molecule has 2 aromatic carbocycles. The summed E-state index contributed by atoms with van der Waals surface area (Å²) < 4.78 is 0. The van der Waals surface area contributed by atoms with Crippen LogP contribution in [0.15, 0.2) is 42.5 Å². The van der Waals surface area contributed by atoms with Crippen LogP contribution in [-0.2, 0) is 4.79 Å². The zero-order chi connectivity index (χ0) is 23.3. The van der Waals surface area contributed by atoms with Crippen LogP contribution in [0.4, 0.5) is 5.69 Å². The van der Waals surface area contributed by atoms with E-state index < -0.39 is 0 Å². The van der Waals surface area contributed by atoms with Gasteiger partial charge in [-0.25, -0.2) is 0 Å². The Hall–Kier alpha value is -3.15. The fourth-order valence-electron chi connectivity index (χ4n) is 4.32. The van der Waals surface area contributed by atoms with Gasteiger partial charge in [-0.15, -0.1) is 0 Å². The molecule has 1 fully saturated rings. The Balaban J connectivity index is 1.67. The number of aryl methyl sites for hydroxylation is 2. The minimum absolute atomic E-state index is 0.0267. The molecule has 170 valence electrons. The Bertz CT molecular complexity index is 977. The molecule has 1 atom stereocenters. The van der Waals surface area contributed by atoms with Gasteiger partial charge in [0.1, 0.15) is 0 Å². The highest BCUT2D eigenvalue weighted by Crippen LogP contribution is 2.22. The number of nitrogens with zero attached hydrogens (tertiary/aromatic N) is 2. The number of carbonyl (C=O) groups is 3. The lowest BCUT2D eigenvalue weighted by atomic mass is 9.96. The van der Waals surface area contributed by atoms with Crippen LogP contribution in [0.1, 0.15) is 58.5 Å². The molecule has 1 N–H and O–H groups in total. The van der Waals surface area contributed by atoms with Crippen molar-refractivity contribution in [3.05, 3.63) is 64.7 Å². The number of likely N-dealkylation sites (tertiary alicyclic amines) is 1. The average Bonchev–Trinajstić information content (AvgIpc) is 2.79. The van der Waals surface area contributed by atoms with Crippen molar-refractivity contribution >= 4 is 23.4 Å². The maximum atomic E-state index is 13.0. The van der Waals surface area contributed by atoms with E-state index in [1.165, 1.54) is 0 Å². The van der Waals surface area contributed by atoms with Crippen LogP contribution in [0, 0.1) is 19.8 Å². The van der Waals surface area contributed by atoms with Gasteiger partial charge in [-0.05, 0) is 70.9 Å². The van der Waals surface area contributed by atoms with Crippen molar-refractivity contribution < 1.29 is 14.4 Å². The van der Waals surface area contributed by atoms with Gasteiger partial charge in [-0.3, -0.25) is 14.4 Å². The predicted molar refractivity (Wildman–Crippen MR) is 127 cm³/mol. The van der Waals surface area contributed by atoms with Crippen molar-refractivity contribution in [1.29, 1.82) is 0 Å². The molecule has 6 nitrogen and oxygen atoms in total. The van der Waals surface area contributed by atoms with E-state index in [2.05, 4.69) is 5.32 Å². The van der Waals surface area contributed by atoms with Gasteiger partial charge in [0, 0.05) is 43.0 Å². The number of benzene rings is 2. The standard InChI is InChI=1S/C26H33N3O3/c1-5-28(6-2)25(31)20-9-7-11-23(16-20)27-24(30)21-10-8-12-29(17-21)26(32)22-14-18(3)13-19(4)15-22/h7,9,11,13-16,21H,5-6,8,10,12,17H2,1-4H3,(H,27,30). The van der Waals surface area contributed by atoms with Gasteiger partial charge in [0.15, 0.2) is 0 Å². The maximum Gasteiger partial charge on any atom is 0.253 e. The van der Waals surface area contributed by atoms with Crippen molar-refractivity contribution in [3.63, 3.8) is 0 Å². The van der Waals surface area contributed by atoms with Gasteiger partial charge in [-0.1, -0.05) is 23.3 Å². The summed E-state index contributed by atoms with van der Waals surface area (Å²) in [5.74, 6) is -0.466. The average molecular weight is 436 g/mol. The van der Waals surface area contributed by atoms with Crippen molar-refractivity contribution in [2.45, 2.75) is 40.5 Å². The highest BCUT2D eigenvalue weighted by Gasteiger charge is 2.29. The SMILES string of the molecule is CCN(CC)C(=O)c1cccc(NC(=O)C2CCCN(C(=O)c3cc(C)cc(C)c3)C2)c1. The Morgan fingerprint density at radius 1 is 1.00 bits per heavy atom. The summed E-state index contributed by atoms with van der Waals surface area (Å²) in [7, 11) is 0. The molecule has 1 heterocycles. The lowest BCUT2D eigenvalue weighted by molar-refractivity contribution is -0.121. The zero-order valence-corrected chi connectivity index (χ0v) is 19.5. The molecular formula is C26H33N3O3. The third-order valence-corrected chi connectivity index (χ3v) is 5.98. The summed E-state index contributed by atoms with van der Waals surface area (Å²) >= 11 is 0. The van der Waals surface area contributed by atoms with E-state index >= 15 is 0 Å². The van der Waals surface area contributed by atoms with Gasteiger partial charge < -0.3 is 15.1 Å². The molecule has 1 aliphatic rings. The van der Waals surface area contributed by atoms with E-state index in [1.54, 1.807) is 34.1 Å². The second-order valence-corrected chi connectivity index (χ2v) is 8.51. The maximum absolute atomic E-state index is 13.0. The largest absolute Gasteiger partial charge is 0.339 e. The van der Waals surface area contributed by atoms with Crippen LogP contribution in [0.2, 0.25) is 0 Å². The fraction of sp³-hybridized carbons (Fsp3) is 0.423. The molecule has 1 saturated heterocycles. The quantitative estimate of drug-likeness (QED) is 0.736.